The molecule has 2 rings (SSSR count). The second-order valence-electron chi connectivity index (χ2n) is 4.54. The molecule has 6 nitrogen and oxygen atoms in total. The number of hydrogen-bond donors (Lipinski definition) is 1. The number of aliphatic imine (C=N–C) groups is 1. The number of sulfone groups is 1. The highest BCUT2D eigenvalue weighted by Gasteiger charge is 2.25. The van der Waals surface area contributed by atoms with Gasteiger partial charge in [0.1, 0.15) is 6.04 Å². The van der Waals surface area contributed by atoms with E-state index in [1.165, 1.54) is 12.1 Å². The average Bonchev–Trinajstić information content (AvgIpc) is 2.66. The zero-order valence-electron chi connectivity index (χ0n) is 11.1. The Morgan fingerprint density at radius 2 is 1.90 bits per heavy atom. The Labute approximate surface area is 117 Å². The number of hydrogen-bond acceptors (Lipinski definition) is 6. The highest BCUT2D eigenvalue weighted by atomic mass is 32.2. The highest BCUT2D eigenvalue weighted by Crippen LogP contribution is 2.21. The summed E-state index contributed by atoms with van der Waals surface area (Å²) in [7, 11) is -1.49. The molecular formula is C13H15N3O3S. The maximum Gasteiger partial charge on any atom is 0.196 e. The Hall–Kier alpha value is -2.15. The monoisotopic (exact) mass is 293 g/mol. The smallest absolute Gasteiger partial charge is 0.196 e. The van der Waals surface area contributed by atoms with Crippen molar-refractivity contribution in [2.45, 2.75) is 10.9 Å². The van der Waals surface area contributed by atoms with Crippen molar-refractivity contribution < 1.29 is 13.2 Å². The van der Waals surface area contributed by atoms with E-state index in [9.17, 15) is 13.2 Å². The summed E-state index contributed by atoms with van der Waals surface area (Å²) in [6.07, 6.45) is 3.63. The zero-order chi connectivity index (χ0) is 14.9. The first-order valence-electron chi connectivity index (χ1n) is 5.87. The fourth-order valence-corrected chi connectivity index (χ4v) is 2.52. The molecule has 0 radical (unpaired) electrons. The van der Waals surface area contributed by atoms with Crippen LogP contribution in [0.2, 0.25) is 0 Å². The van der Waals surface area contributed by atoms with Gasteiger partial charge in [-0.15, -0.1) is 0 Å². The lowest BCUT2D eigenvalue weighted by Crippen LogP contribution is -2.29. The van der Waals surface area contributed by atoms with Gasteiger partial charge >= 0.3 is 0 Å². The van der Waals surface area contributed by atoms with E-state index in [1.54, 1.807) is 30.2 Å². The summed E-state index contributed by atoms with van der Waals surface area (Å²) in [5.74, 6) is 0.279. The lowest BCUT2D eigenvalue weighted by Gasteiger charge is -2.14. The van der Waals surface area contributed by atoms with Crippen LogP contribution in [0.3, 0.4) is 0 Å². The largest absolute Gasteiger partial charge is 0.369 e. The Balaban J connectivity index is 2.34. The fraction of sp³-hybridized carbons (Fsp3) is 0.231. The quantitative estimate of drug-likeness (QED) is 0.807. The SMILES string of the molecule is CN1C(N)=NC(C=O)/C1=C/c1ccc(S(C)(=O)=O)cc1. The molecule has 0 aliphatic carbocycles. The van der Waals surface area contributed by atoms with Crippen molar-refractivity contribution >= 4 is 28.2 Å². The maximum atomic E-state index is 11.4. The minimum Gasteiger partial charge on any atom is -0.369 e. The molecule has 2 N–H and O–H groups in total. The molecular weight excluding hydrogens is 278 g/mol. The second-order valence-corrected chi connectivity index (χ2v) is 6.55. The van der Waals surface area contributed by atoms with Crippen molar-refractivity contribution in [1.29, 1.82) is 0 Å². The first-order chi connectivity index (χ1) is 9.32. The summed E-state index contributed by atoms with van der Waals surface area (Å²) >= 11 is 0. The third-order valence-corrected chi connectivity index (χ3v) is 4.19. The molecule has 0 aromatic heterocycles. The maximum absolute atomic E-state index is 11.4. The molecule has 1 aliphatic rings. The van der Waals surface area contributed by atoms with E-state index in [1.807, 2.05) is 0 Å². The van der Waals surface area contributed by atoms with Crippen LogP contribution >= 0.6 is 0 Å². The number of carbonyl (C=O) groups excluding carboxylic acids is 1. The lowest BCUT2D eigenvalue weighted by molar-refractivity contribution is -0.108. The molecule has 0 fully saturated rings. The van der Waals surface area contributed by atoms with Crippen LogP contribution in [0.4, 0.5) is 0 Å². The van der Waals surface area contributed by atoms with E-state index >= 15 is 0 Å². The van der Waals surface area contributed by atoms with Crippen LogP contribution in [-0.4, -0.2) is 44.9 Å². The van der Waals surface area contributed by atoms with Crippen LogP contribution in [-0.2, 0) is 14.6 Å². The standard InChI is InChI=1S/C13H15N3O3S/c1-16-12(11(8-17)15-13(16)14)7-9-3-5-10(6-4-9)20(2,18)19/h3-8,11H,1-2H3,(H2,14,15)/b12-7-. The minimum atomic E-state index is -3.21. The molecule has 20 heavy (non-hydrogen) atoms. The second kappa shape index (κ2) is 5.09. The topological polar surface area (TPSA) is 92.8 Å². The van der Waals surface area contributed by atoms with Crippen LogP contribution in [0.5, 0.6) is 0 Å². The van der Waals surface area contributed by atoms with E-state index in [2.05, 4.69) is 4.99 Å². The summed E-state index contributed by atoms with van der Waals surface area (Å²) in [6, 6.07) is 5.78. The molecule has 1 aliphatic heterocycles. The van der Waals surface area contributed by atoms with Gasteiger partial charge in [-0.25, -0.2) is 13.4 Å². The van der Waals surface area contributed by atoms with Gasteiger partial charge in [-0.1, -0.05) is 12.1 Å². The molecule has 106 valence electrons. The highest BCUT2D eigenvalue weighted by molar-refractivity contribution is 7.90. The van der Waals surface area contributed by atoms with E-state index in [-0.39, 0.29) is 10.9 Å². The third kappa shape index (κ3) is 2.72. The van der Waals surface area contributed by atoms with Crippen LogP contribution in [0, 0.1) is 0 Å². The number of likely N-dealkylation sites (N-methyl/N-ethyl adjacent to an activating group) is 1. The van der Waals surface area contributed by atoms with Gasteiger partial charge in [-0.2, -0.15) is 0 Å². The van der Waals surface area contributed by atoms with Crippen molar-refractivity contribution in [2.75, 3.05) is 13.3 Å². The number of benzene rings is 1. The van der Waals surface area contributed by atoms with Gasteiger partial charge in [0.15, 0.2) is 22.1 Å². The Morgan fingerprint density at radius 3 is 2.40 bits per heavy atom. The summed E-state index contributed by atoms with van der Waals surface area (Å²) in [5, 5.41) is 0. The predicted molar refractivity (Wildman–Crippen MR) is 76.8 cm³/mol. The van der Waals surface area contributed by atoms with Gasteiger partial charge in [-0.3, -0.25) is 0 Å². The minimum absolute atomic E-state index is 0.252. The van der Waals surface area contributed by atoms with Crippen LogP contribution in [0.1, 0.15) is 5.56 Å². The molecule has 1 unspecified atom stereocenters. The van der Waals surface area contributed by atoms with Gasteiger partial charge in [-0.05, 0) is 23.8 Å². The molecule has 1 aromatic carbocycles. The van der Waals surface area contributed by atoms with Crippen molar-refractivity contribution in [3.63, 3.8) is 0 Å². The average molecular weight is 293 g/mol. The number of nitrogens with zero attached hydrogens (tertiary/aromatic N) is 2. The lowest BCUT2D eigenvalue weighted by atomic mass is 10.1. The van der Waals surface area contributed by atoms with Gasteiger partial charge in [0, 0.05) is 13.3 Å². The summed E-state index contributed by atoms with van der Waals surface area (Å²) < 4.78 is 22.8. The third-order valence-electron chi connectivity index (χ3n) is 3.06. The molecule has 0 bridgehead atoms. The van der Waals surface area contributed by atoms with Crippen molar-refractivity contribution in [3.05, 3.63) is 35.5 Å². The number of guanidine groups is 1. The molecule has 0 saturated heterocycles. The van der Waals surface area contributed by atoms with Crippen molar-refractivity contribution in [3.8, 4) is 0 Å². The van der Waals surface area contributed by atoms with Crippen molar-refractivity contribution in [2.24, 2.45) is 10.7 Å². The summed E-state index contributed by atoms with van der Waals surface area (Å²) in [6.45, 7) is 0. The number of nitrogens with two attached hydrogens (primary N) is 1. The van der Waals surface area contributed by atoms with Crippen LogP contribution in [0.15, 0.2) is 39.9 Å². The molecule has 0 saturated carbocycles. The summed E-state index contributed by atoms with van der Waals surface area (Å²) in [5.41, 5.74) is 7.10. The van der Waals surface area contributed by atoms with Gasteiger partial charge in [0.2, 0.25) is 0 Å². The molecule has 7 heteroatoms. The Bertz CT molecular complexity index is 690. The van der Waals surface area contributed by atoms with Gasteiger partial charge in [0.25, 0.3) is 0 Å². The van der Waals surface area contributed by atoms with Gasteiger partial charge in [0.05, 0.1) is 10.6 Å². The molecule has 1 atom stereocenters. The van der Waals surface area contributed by atoms with Crippen LogP contribution in [0.25, 0.3) is 6.08 Å². The zero-order valence-corrected chi connectivity index (χ0v) is 12.0. The van der Waals surface area contributed by atoms with E-state index in [0.717, 1.165) is 11.8 Å². The van der Waals surface area contributed by atoms with Crippen molar-refractivity contribution in [1.82, 2.24) is 4.90 Å². The van der Waals surface area contributed by atoms with E-state index in [0.29, 0.717) is 12.0 Å². The Morgan fingerprint density at radius 1 is 1.30 bits per heavy atom. The predicted octanol–water partition coefficient (Wildman–Crippen LogP) is 0.259. The first-order valence-corrected chi connectivity index (χ1v) is 7.76. The number of aldehydes is 1. The number of carbonyl (C=O) groups is 1. The normalized spacial score (nSPS) is 21.1. The summed E-state index contributed by atoms with van der Waals surface area (Å²) in [4.78, 5) is 16.9. The van der Waals surface area contributed by atoms with Gasteiger partial charge < -0.3 is 15.4 Å². The van der Waals surface area contributed by atoms with E-state index in [4.69, 9.17) is 5.73 Å². The number of rotatable bonds is 3. The van der Waals surface area contributed by atoms with Crippen LogP contribution < -0.4 is 5.73 Å². The molecule has 0 spiro atoms. The van der Waals surface area contributed by atoms with E-state index < -0.39 is 15.9 Å². The molecule has 0 amide bonds. The Kier molecular flexibility index (Phi) is 3.63. The molecule has 1 heterocycles. The fourth-order valence-electron chi connectivity index (χ4n) is 1.89. The molecule has 1 aromatic rings. The first kappa shape index (κ1) is 14.3.